The first kappa shape index (κ1) is 20.2. The van der Waals surface area contributed by atoms with E-state index < -0.39 is 10.0 Å². The number of methoxy groups -OCH3 is 2. The van der Waals surface area contributed by atoms with Crippen molar-refractivity contribution in [3.63, 3.8) is 0 Å². The molecule has 7 heteroatoms. The molecule has 0 fully saturated rings. The SMILES string of the molecule is COc1ccc(Br)c(NS(=O)(=O)c2cccc(OC)c2Cc2ccccc2)c1. The molecule has 5 nitrogen and oxygen atoms in total. The van der Waals surface area contributed by atoms with Gasteiger partial charge in [0.1, 0.15) is 11.5 Å². The number of sulfonamides is 1. The number of hydrogen-bond acceptors (Lipinski definition) is 4. The molecule has 0 bridgehead atoms. The van der Waals surface area contributed by atoms with Gasteiger partial charge < -0.3 is 9.47 Å². The topological polar surface area (TPSA) is 64.6 Å². The van der Waals surface area contributed by atoms with Gasteiger partial charge in [0.2, 0.25) is 0 Å². The van der Waals surface area contributed by atoms with Crippen molar-refractivity contribution >= 4 is 31.6 Å². The summed E-state index contributed by atoms with van der Waals surface area (Å²) in [5.41, 5.74) is 1.99. The lowest BCUT2D eigenvalue weighted by Crippen LogP contribution is -2.16. The Kier molecular flexibility index (Phi) is 6.26. The Labute approximate surface area is 173 Å². The fourth-order valence-corrected chi connectivity index (χ4v) is 4.67. The Morgan fingerprint density at radius 2 is 1.68 bits per heavy atom. The third-order valence-electron chi connectivity index (χ3n) is 4.24. The average Bonchev–Trinajstić information content (AvgIpc) is 2.70. The van der Waals surface area contributed by atoms with Gasteiger partial charge in [-0.25, -0.2) is 8.42 Å². The normalized spacial score (nSPS) is 11.1. The summed E-state index contributed by atoms with van der Waals surface area (Å²) in [6.07, 6.45) is 0.431. The highest BCUT2D eigenvalue weighted by atomic mass is 79.9. The first-order chi connectivity index (χ1) is 13.4. The van der Waals surface area contributed by atoms with Crippen LogP contribution in [0.25, 0.3) is 0 Å². The Balaban J connectivity index is 2.04. The van der Waals surface area contributed by atoms with Gasteiger partial charge in [0.05, 0.1) is 24.8 Å². The van der Waals surface area contributed by atoms with E-state index in [1.807, 2.05) is 30.3 Å². The molecule has 3 aromatic rings. The van der Waals surface area contributed by atoms with Gasteiger partial charge in [-0.15, -0.1) is 0 Å². The molecular formula is C21H20BrNO4S. The highest BCUT2D eigenvalue weighted by molar-refractivity contribution is 9.10. The van der Waals surface area contributed by atoms with Crippen LogP contribution in [-0.4, -0.2) is 22.6 Å². The third-order valence-corrected chi connectivity index (χ3v) is 6.38. The number of ether oxygens (including phenoxy) is 2. The highest BCUT2D eigenvalue weighted by Gasteiger charge is 2.23. The molecule has 28 heavy (non-hydrogen) atoms. The second-order valence-corrected chi connectivity index (χ2v) is 8.56. The van der Waals surface area contributed by atoms with Crippen LogP contribution in [0.4, 0.5) is 5.69 Å². The number of hydrogen-bond donors (Lipinski definition) is 1. The van der Waals surface area contributed by atoms with E-state index in [4.69, 9.17) is 9.47 Å². The van der Waals surface area contributed by atoms with E-state index in [-0.39, 0.29) is 4.90 Å². The van der Waals surface area contributed by atoms with Crippen LogP contribution in [0.5, 0.6) is 11.5 Å². The molecular weight excluding hydrogens is 442 g/mol. The van der Waals surface area contributed by atoms with Crippen LogP contribution >= 0.6 is 15.9 Å². The Hall–Kier alpha value is -2.51. The fourth-order valence-electron chi connectivity index (χ4n) is 2.87. The molecule has 1 N–H and O–H groups in total. The van der Waals surface area contributed by atoms with Crippen LogP contribution in [0.3, 0.4) is 0 Å². The lowest BCUT2D eigenvalue weighted by atomic mass is 10.0. The Morgan fingerprint density at radius 3 is 2.36 bits per heavy atom. The van der Waals surface area contributed by atoms with Crippen LogP contribution in [0.2, 0.25) is 0 Å². The molecule has 0 unspecified atom stereocenters. The number of nitrogens with one attached hydrogen (secondary N) is 1. The van der Waals surface area contributed by atoms with Gasteiger partial charge in [-0.1, -0.05) is 36.4 Å². The molecule has 0 amide bonds. The van der Waals surface area contributed by atoms with Gasteiger partial charge in [-0.2, -0.15) is 0 Å². The van der Waals surface area contributed by atoms with Crippen LogP contribution < -0.4 is 14.2 Å². The van der Waals surface area contributed by atoms with E-state index in [9.17, 15) is 8.42 Å². The van der Waals surface area contributed by atoms with Crippen LogP contribution in [0.1, 0.15) is 11.1 Å². The predicted molar refractivity (Wildman–Crippen MR) is 114 cm³/mol. The van der Waals surface area contributed by atoms with Crippen molar-refractivity contribution in [3.05, 3.63) is 82.3 Å². The van der Waals surface area contributed by atoms with Crippen molar-refractivity contribution in [2.24, 2.45) is 0 Å². The molecule has 0 saturated heterocycles. The average molecular weight is 462 g/mol. The number of benzene rings is 3. The molecule has 0 saturated carbocycles. The second-order valence-electron chi connectivity index (χ2n) is 6.05. The van der Waals surface area contributed by atoms with Crippen molar-refractivity contribution in [1.29, 1.82) is 0 Å². The van der Waals surface area contributed by atoms with Crippen molar-refractivity contribution in [2.75, 3.05) is 18.9 Å². The fraction of sp³-hybridized carbons (Fsp3) is 0.143. The van der Waals surface area contributed by atoms with Gasteiger partial charge in [-0.3, -0.25) is 4.72 Å². The lowest BCUT2D eigenvalue weighted by Gasteiger charge is -2.16. The van der Waals surface area contributed by atoms with E-state index in [0.717, 1.165) is 5.56 Å². The van der Waals surface area contributed by atoms with E-state index in [0.29, 0.717) is 33.6 Å². The molecule has 0 atom stereocenters. The molecule has 0 radical (unpaired) electrons. The van der Waals surface area contributed by atoms with Gasteiger partial charge in [0, 0.05) is 22.5 Å². The first-order valence-corrected chi connectivity index (χ1v) is 10.8. The van der Waals surface area contributed by atoms with Gasteiger partial charge in [0.25, 0.3) is 10.0 Å². The maximum atomic E-state index is 13.2. The van der Waals surface area contributed by atoms with Gasteiger partial charge in [-0.05, 0) is 45.8 Å². The number of halogens is 1. The van der Waals surface area contributed by atoms with Crippen LogP contribution in [0.15, 0.2) is 76.1 Å². The monoisotopic (exact) mass is 461 g/mol. The summed E-state index contributed by atoms with van der Waals surface area (Å²) in [6.45, 7) is 0. The van der Waals surface area contributed by atoms with E-state index in [2.05, 4.69) is 20.7 Å². The van der Waals surface area contributed by atoms with Crippen LogP contribution in [-0.2, 0) is 16.4 Å². The zero-order chi connectivity index (χ0) is 20.1. The quantitative estimate of drug-likeness (QED) is 0.545. The van der Waals surface area contributed by atoms with Crippen molar-refractivity contribution in [2.45, 2.75) is 11.3 Å². The third kappa shape index (κ3) is 4.48. The second kappa shape index (κ2) is 8.67. The number of rotatable bonds is 7. The molecule has 3 aromatic carbocycles. The molecule has 0 aliphatic rings. The Bertz CT molecular complexity index is 1070. The minimum Gasteiger partial charge on any atom is -0.497 e. The molecule has 146 valence electrons. The van der Waals surface area contributed by atoms with Gasteiger partial charge in [0.15, 0.2) is 0 Å². The van der Waals surface area contributed by atoms with Crippen LogP contribution in [0, 0.1) is 0 Å². The first-order valence-electron chi connectivity index (χ1n) is 8.51. The summed E-state index contributed by atoms with van der Waals surface area (Å²) < 4.78 is 40.3. The molecule has 3 rings (SSSR count). The van der Waals surface area contributed by atoms with Crippen molar-refractivity contribution < 1.29 is 17.9 Å². The highest BCUT2D eigenvalue weighted by Crippen LogP contribution is 2.33. The van der Waals surface area contributed by atoms with Crippen molar-refractivity contribution in [1.82, 2.24) is 0 Å². The lowest BCUT2D eigenvalue weighted by molar-refractivity contribution is 0.408. The summed E-state index contributed by atoms with van der Waals surface area (Å²) in [7, 11) is -0.796. The van der Waals surface area contributed by atoms with E-state index in [1.165, 1.54) is 14.2 Å². The Morgan fingerprint density at radius 1 is 0.929 bits per heavy atom. The molecule has 0 aromatic heterocycles. The minimum atomic E-state index is -3.86. The maximum absolute atomic E-state index is 13.2. The summed E-state index contributed by atoms with van der Waals surface area (Å²) in [4.78, 5) is 0.172. The summed E-state index contributed by atoms with van der Waals surface area (Å²) in [5.74, 6) is 1.08. The van der Waals surface area contributed by atoms with Crippen molar-refractivity contribution in [3.8, 4) is 11.5 Å². The van der Waals surface area contributed by atoms with Gasteiger partial charge >= 0.3 is 0 Å². The zero-order valence-corrected chi connectivity index (χ0v) is 17.9. The largest absolute Gasteiger partial charge is 0.497 e. The minimum absolute atomic E-state index is 0.172. The number of anilines is 1. The molecule has 0 aliphatic heterocycles. The molecule has 0 heterocycles. The zero-order valence-electron chi connectivity index (χ0n) is 15.5. The smallest absolute Gasteiger partial charge is 0.262 e. The maximum Gasteiger partial charge on any atom is 0.262 e. The predicted octanol–water partition coefficient (Wildman–Crippen LogP) is 4.86. The molecule has 0 spiro atoms. The molecule has 0 aliphatic carbocycles. The standard InChI is InChI=1S/C21H20BrNO4S/c1-26-16-11-12-18(22)19(14-16)23-28(24,25)21-10-6-9-20(27-2)17(21)13-15-7-4-3-5-8-15/h3-12,14,23H,13H2,1-2H3. The summed E-state index contributed by atoms with van der Waals surface area (Å²) in [6, 6.07) is 19.8. The summed E-state index contributed by atoms with van der Waals surface area (Å²) in [5, 5.41) is 0. The summed E-state index contributed by atoms with van der Waals surface area (Å²) >= 11 is 3.38. The van der Waals surface area contributed by atoms with E-state index >= 15 is 0 Å². The van der Waals surface area contributed by atoms with E-state index in [1.54, 1.807) is 36.4 Å².